The van der Waals surface area contributed by atoms with Gasteiger partial charge in [0.2, 0.25) is 0 Å². The van der Waals surface area contributed by atoms with E-state index in [4.69, 9.17) is 0 Å². The van der Waals surface area contributed by atoms with Gasteiger partial charge in [-0.3, -0.25) is 0 Å². The molecule has 0 aromatic heterocycles. The highest BCUT2D eigenvalue weighted by molar-refractivity contribution is 7.95. The molecule has 1 aromatic rings. The Labute approximate surface area is 70.4 Å². The van der Waals surface area contributed by atoms with Crippen molar-refractivity contribution in [2.24, 2.45) is 0 Å². The van der Waals surface area contributed by atoms with Crippen molar-refractivity contribution in [1.29, 1.82) is 0 Å². The fourth-order valence-corrected chi connectivity index (χ4v) is 1.86. The summed E-state index contributed by atoms with van der Waals surface area (Å²) in [6, 6.07) is 5.72. The zero-order valence-electron chi connectivity index (χ0n) is 7.09. The number of phenolic OH excluding ortho intramolecular Hbond substituents is 1. The van der Waals surface area contributed by atoms with Gasteiger partial charge >= 0.3 is 0 Å². The van der Waals surface area contributed by atoms with Gasteiger partial charge in [-0.25, -0.2) is 0 Å². The van der Waals surface area contributed by atoms with Gasteiger partial charge in [0.25, 0.3) is 0 Å². The molecule has 11 heavy (non-hydrogen) atoms. The van der Waals surface area contributed by atoms with Crippen molar-refractivity contribution >= 4 is 10.9 Å². The number of phenols is 1. The number of hydrogen-bond acceptors (Lipinski definition) is 1. The first-order valence-corrected chi connectivity index (χ1v) is 5.52. The molecule has 0 aliphatic rings. The maximum Gasteiger partial charge on any atom is 0.196 e. The standard InChI is InChI=1S/C9H12OS/c1-7-4-5-8(10)9(6-7)11(2)3/h4-6H,1-3H3/p+1. The summed E-state index contributed by atoms with van der Waals surface area (Å²) in [5.74, 6) is 0.420. The molecule has 0 spiro atoms. The van der Waals surface area contributed by atoms with E-state index in [0.717, 1.165) is 4.90 Å². The van der Waals surface area contributed by atoms with Crippen molar-refractivity contribution in [3.8, 4) is 5.75 Å². The van der Waals surface area contributed by atoms with Crippen molar-refractivity contribution in [3.63, 3.8) is 0 Å². The summed E-state index contributed by atoms with van der Waals surface area (Å²) in [5, 5.41) is 9.41. The van der Waals surface area contributed by atoms with Crippen LogP contribution in [0.2, 0.25) is 0 Å². The van der Waals surface area contributed by atoms with Crippen molar-refractivity contribution in [1.82, 2.24) is 0 Å². The molecule has 0 atom stereocenters. The van der Waals surface area contributed by atoms with Gasteiger partial charge in [-0.1, -0.05) is 6.07 Å². The molecular formula is C9H13OS+. The Morgan fingerprint density at radius 3 is 2.36 bits per heavy atom. The minimum Gasteiger partial charge on any atom is -0.503 e. The monoisotopic (exact) mass is 169 g/mol. The highest BCUT2D eigenvalue weighted by Gasteiger charge is 2.13. The average Bonchev–Trinajstić information content (AvgIpc) is 1.94. The second-order valence-electron chi connectivity index (χ2n) is 2.79. The second kappa shape index (κ2) is 3.18. The molecule has 0 amide bonds. The van der Waals surface area contributed by atoms with Crippen molar-refractivity contribution in [3.05, 3.63) is 23.8 Å². The zero-order chi connectivity index (χ0) is 8.43. The van der Waals surface area contributed by atoms with E-state index in [9.17, 15) is 5.11 Å². The maximum absolute atomic E-state index is 9.41. The Balaban J connectivity index is 3.13. The number of benzene rings is 1. The Kier molecular flexibility index (Phi) is 2.45. The minimum atomic E-state index is 0.149. The quantitative estimate of drug-likeness (QED) is 0.637. The first-order valence-electron chi connectivity index (χ1n) is 3.48. The van der Waals surface area contributed by atoms with Gasteiger partial charge in [-0.2, -0.15) is 0 Å². The molecule has 1 rings (SSSR count). The van der Waals surface area contributed by atoms with Crippen LogP contribution in [-0.4, -0.2) is 17.6 Å². The third-order valence-corrected chi connectivity index (χ3v) is 2.76. The molecule has 0 saturated heterocycles. The lowest BCUT2D eigenvalue weighted by molar-refractivity contribution is 0.462. The first-order chi connectivity index (χ1) is 5.11. The number of rotatable bonds is 1. The second-order valence-corrected chi connectivity index (χ2v) is 4.86. The van der Waals surface area contributed by atoms with Gasteiger partial charge in [-0.05, 0) is 24.6 Å². The summed E-state index contributed by atoms with van der Waals surface area (Å²) < 4.78 is 0. The highest BCUT2D eigenvalue weighted by atomic mass is 32.2. The van der Waals surface area contributed by atoms with Crippen LogP contribution in [0.5, 0.6) is 5.75 Å². The van der Waals surface area contributed by atoms with E-state index in [0.29, 0.717) is 5.75 Å². The van der Waals surface area contributed by atoms with Crippen LogP contribution < -0.4 is 0 Å². The smallest absolute Gasteiger partial charge is 0.196 e. The van der Waals surface area contributed by atoms with E-state index in [1.54, 1.807) is 6.07 Å². The Morgan fingerprint density at radius 2 is 1.91 bits per heavy atom. The lowest BCUT2D eigenvalue weighted by Crippen LogP contribution is -1.96. The maximum atomic E-state index is 9.41. The normalized spacial score (nSPS) is 10.5. The Morgan fingerprint density at radius 1 is 1.27 bits per heavy atom. The topological polar surface area (TPSA) is 20.2 Å². The van der Waals surface area contributed by atoms with Gasteiger partial charge < -0.3 is 5.11 Å². The third kappa shape index (κ3) is 1.90. The van der Waals surface area contributed by atoms with E-state index in [-0.39, 0.29) is 10.9 Å². The zero-order valence-corrected chi connectivity index (χ0v) is 7.90. The van der Waals surface area contributed by atoms with E-state index >= 15 is 0 Å². The van der Waals surface area contributed by atoms with Crippen molar-refractivity contribution in [2.45, 2.75) is 11.8 Å². The highest BCUT2D eigenvalue weighted by Crippen LogP contribution is 2.22. The largest absolute Gasteiger partial charge is 0.503 e. The number of aryl methyl sites for hydroxylation is 1. The summed E-state index contributed by atoms with van der Waals surface area (Å²) >= 11 is 0. The SMILES string of the molecule is Cc1ccc(O)c([S+](C)C)c1. The summed E-state index contributed by atoms with van der Waals surface area (Å²) in [5.41, 5.74) is 1.21. The fourth-order valence-electron chi connectivity index (χ4n) is 0.948. The summed E-state index contributed by atoms with van der Waals surface area (Å²) in [4.78, 5) is 1.06. The molecule has 0 radical (unpaired) electrons. The summed E-state index contributed by atoms with van der Waals surface area (Å²) in [6.07, 6.45) is 4.21. The minimum absolute atomic E-state index is 0.149. The van der Waals surface area contributed by atoms with Crippen LogP contribution >= 0.6 is 0 Å². The average molecular weight is 169 g/mol. The third-order valence-electron chi connectivity index (χ3n) is 1.56. The lowest BCUT2D eigenvalue weighted by atomic mass is 10.2. The molecule has 60 valence electrons. The lowest BCUT2D eigenvalue weighted by Gasteiger charge is -2.00. The van der Waals surface area contributed by atoms with Gasteiger partial charge in [0, 0.05) is 10.9 Å². The molecule has 2 heteroatoms. The Hall–Kier alpha value is -0.630. The predicted octanol–water partition coefficient (Wildman–Crippen LogP) is 1.94. The van der Waals surface area contributed by atoms with Crippen LogP contribution in [0.4, 0.5) is 0 Å². The van der Waals surface area contributed by atoms with Crippen LogP contribution in [0.25, 0.3) is 0 Å². The molecule has 0 aliphatic carbocycles. The van der Waals surface area contributed by atoms with Gasteiger partial charge in [0.1, 0.15) is 12.5 Å². The van der Waals surface area contributed by atoms with Crippen molar-refractivity contribution in [2.75, 3.05) is 12.5 Å². The molecular weight excluding hydrogens is 156 g/mol. The molecule has 1 N–H and O–H groups in total. The van der Waals surface area contributed by atoms with Gasteiger partial charge in [0.05, 0.1) is 0 Å². The molecule has 1 aromatic carbocycles. The first kappa shape index (κ1) is 8.47. The van der Waals surface area contributed by atoms with Gasteiger partial charge in [-0.15, -0.1) is 0 Å². The van der Waals surface area contributed by atoms with Gasteiger partial charge in [0.15, 0.2) is 10.6 Å². The van der Waals surface area contributed by atoms with Crippen LogP contribution in [0.1, 0.15) is 5.56 Å². The fraction of sp³-hybridized carbons (Fsp3) is 0.333. The predicted molar refractivity (Wildman–Crippen MR) is 50.3 cm³/mol. The van der Waals surface area contributed by atoms with Crippen LogP contribution in [0.3, 0.4) is 0 Å². The molecule has 0 fully saturated rings. The molecule has 1 nitrogen and oxygen atoms in total. The molecule has 0 bridgehead atoms. The molecule has 0 aliphatic heterocycles. The van der Waals surface area contributed by atoms with Crippen LogP contribution in [0.15, 0.2) is 23.1 Å². The van der Waals surface area contributed by atoms with Crippen LogP contribution in [0, 0.1) is 6.92 Å². The molecule has 0 unspecified atom stereocenters. The molecule has 0 heterocycles. The van der Waals surface area contributed by atoms with E-state index in [2.05, 4.69) is 12.5 Å². The number of aromatic hydroxyl groups is 1. The van der Waals surface area contributed by atoms with Crippen LogP contribution in [-0.2, 0) is 10.9 Å². The summed E-state index contributed by atoms with van der Waals surface area (Å²) in [6.45, 7) is 2.04. The van der Waals surface area contributed by atoms with E-state index < -0.39 is 0 Å². The molecule has 0 saturated carbocycles. The Bertz CT molecular complexity index is 256. The number of hydrogen-bond donors (Lipinski definition) is 1. The summed E-state index contributed by atoms with van der Waals surface area (Å²) in [7, 11) is 0.149. The van der Waals surface area contributed by atoms with E-state index in [1.807, 2.05) is 19.1 Å². The van der Waals surface area contributed by atoms with E-state index in [1.165, 1.54) is 5.56 Å². The van der Waals surface area contributed by atoms with Crippen molar-refractivity contribution < 1.29 is 5.11 Å².